The summed E-state index contributed by atoms with van der Waals surface area (Å²) in [5, 5.41) is 3.26. The highest BCUT2D eigenvalue weighted by Gasteiger charge is 2.11. The summed E-state index contributed by atoms with van der Waals surface area (Å²) in [5.74, 6) is 0.429. The number of methoxy groups -OCH3 is 1. The molecule has 0 radical (unpaired) electrons. The van der Waals surface area contributed by atoms with E-state index in [2.05, 4.69) is 12.2 Å². The molecule has 0 spiro atoms. The highest BCUT2D eigenvalue weighted by molar-refractivity contribution is 5.89. The van der Waals surface area contributed by atoms with Crippen molar-refractivity contribution in [1.82, 2.24) is 5.32 Å². The van der Waals surface area contributed by atoms with Gasteiger partial charge in [0, 0.05) is 6.54 Å². The van der Waals surface area contributed by atoms with Gasteiger partial charge in [0.05, 0.1) is 12.7 Å². The van der Waals surface area contributed by atoms with E-state index >= 15 is 0 Å². The van der Waals surface area contributed by atoms with Gasteiger partial charge in [-0.25, -0.2) is 4.79 Å². The Hall–Kier alpha value is -1.55. The average Bonchev–Trinajstić information content (AvgIpc) is 2.43. The minimum absolute atomic E-state index is 0.133. The van der Waals surface area contributed by atoms with Crippen molar-refractivity contribution >= 4 is 5.97 Å². The minimum atomic E-state index is -0.299. The molecule has 1 aromatic carbocycles. The van der Waals surface area contributed by atoms with Crippen molar-refractivity contribution in [2.24, 2.45) is 0 Å². The number of carbonyl (C=O) groups is 1. The van der Waals surface area contributed by atoms with Gasteiger partial charge in [-0.05, 0) is 44.2 Å². The molecule has 1 unspecified atom stereocenters. The first-order valence-corrected chi connectivity index (χ1v) is 6.73. The summed E-state index contributed by atoms with van der Waals surface area (Å²) in [6.45, 7) is 5.68. The van der Waals surface area contributed by atoms with E-state index < -0.39 is 0 Å². The van der Waals surface area contributed by atoms with Crippen LogP contribution in [0.1, 0.15) is 37.0 Å². The monoisotopic (exact) mass is 265 g/mol. The molecule has 0 aliphatic carbocycles. The molecular weight excluding hydrogens is 242 g/mol. The maximum absolute atomic E-state index is 11.9. The second-order valence-electron chi connectivity index (χ2n) is 4.50. The first-order chi connectivity index (χ1) is 9.17. The molecule has 106 valence electrons. The lowest BCUT2D eigenvalue weighted by atomic mass is 10.2. The Morgan fingerprint density at radius 1 is 1.32 bits per heavy atom. The summed E-state index contributed by atoms with van der Waals surface area (Å²) in [6, 6.07) is 6.91. The number of carbonyl (C=O) groups excluding carboxylic acids is 1. The minimum Gasteiger partial charge on any atom is -0.497 e. The zero-order valence-corrected chi connectivity index (χ0v) is 11.9. The number of hydrogen-bond donors (Lipinski definition) is 1. The van der Waals surface area contributed by atoms with Gasteiger partial charge in [-0.3, -0.25) is 0 Å². The van der Waals surface area contributed by atoms with Crippen LogP contribution in [0.15, 0.2) is 24.3 Å². The number of hydrogen-bond acceptors (Lipinski definition) is 4. The van der Waals surface area contributed by atoms with Crippen LogP contribution < -0.4 is 10.1 Å². The third-order valence-electron chi connectivity index (χ3n) is 2.77. The molecule has 0 heterocycles. The van der Waals surface area contributed by atoms with Crippen LogP contribution in [0.3, 0.4) is 0 Å². The summed E-state index contributed by atoms with van der Waals surface area (Å²) in [7, 11) is 1.59. The van der Waals surface area contributed by atoms with E-state index in [1.165, 1.54) is 0 Å². The van der Waals surface area contributed by atoms with E-state index in [0.29, 0.717) is 12.1 Å². The number of ether oxygens (including phenoxy) is 2. The predicted molar refractivity (Wildman–Crippen MR) is 75.6 cm³/mol. The van der Waals surface area contributed by atoms with E-state index in [9.17, 15) is 4.79 Å². The number of nitrogens with one attached hydrogen (secondary N) is 1. The molecule has 0 saturated carbocycles. The van der Waals surface area contributed by atoms with Crippen molar-refractivity contribution in [1.29, 1.82) is 0 Å². The molecule has 1 atom stereocenters. The van der Waals surface area contributed by atoms with Gasteiger partial charge in [0.15, 0.2) is 0 Å². The first kappa shape index (κ1) is 15.5. The lowest BCUT2D eigenvalue weighted by Gasteiger charge is -2.14. The van der Waals surface area contributed by atoms with Crippen LogP contribution >= 0.6 is 0 Å². The quantitative estimate of drug-likeness (QED) is 0.580. The van der Waals surface area contributed by atoms with Gasteiger partial charge < -0.3 is 14.8 Å². The average molecular weight is 265 g/mol. The summed E-state index contributed by atoms with van der Waals surface area (Å²) >= 11 is 0. The Morgan fingerprint density at radius 2 is 2.00 bits per heavy atom. The van der Waals surface area contributed by atoms with Crippen molar-refractivity contribution in [3.05, 3.63) is 29.8 Å². The number of esters is 1. The van der Waals surface area contributed by atoms with E-state index in [1.807, 2.05) is 6.92 Å². The van der Waals surface area contributed by atoms with Crippen molar-refractivity contribution in [2.45, 2.75) is 32.8 Å². The molecule has 4 heteroatoms. The van der Waals surface area contributed by atoms with E-state index in [0.717, 1.165) is 25.1 Å². The summed E-state index contributed by atoms with van der Waals surface area (Å²) in [4.78, 5) is 11.9. The molecule has 0 aliphatic rings. The molecule has 4 nitrogen and oxygen atoms in total. The Bertz CT molecular complexity index is 375. The largest absolute Gasteiger partial charge is 0.497 e. The lowest BCUT2D eigenvalue weighted by Crippen LogP contribution is -2.29. The highest BCUT2D eigenvalue weighted by atomic mass is 16.5. The summed E-state index contributed by atoms with van der Waals surface area (Å²) in [5.41, 5.74) is 0.543. The molecule has 0 aromatic heterocycles. The van der Waals surface area contributed by atoms with Gasteiger partial charge in [-0.1, -0.05) is 13.3 Å². The normalized spacial score (nSPS) is 11.9. The van der Waals surface area contributed by atoms with Crippen LogP contribution in [-0.2, 0) is 4.74 Å². The molecule has 0 aliphatic heterocycles. The third kappa shape index (κ3) is 5.75. The number of benzene rings is 1. The maximum atomic E-state index is 11.9. The van der Waals surface area contributed by atoms with E-state index in [1.54, 1.807) is 31.4 Å². The molecular formula is C15H23NO3. The Kier molecular flexibility index (Phi) is 6.97. The molecule has 1 rings (SSSR count). The third-order valence-corrected chi connectivity index (χ3v) is 2.77. The fraction of sp³-hybridized carbons (Fsp3) is 0.533. The Morgan fingerprint density at radius 3 is 2.58 bits per heavy atom. The molecule has 0 fully saturated rings. The molecule has 1 N–H and O–H groups in total. The van der Waals surface area contributed by atoms with Crippen LogP contribution in [-0.4, -0.2) is 32.3 Å². The van der Waals surface area contributed by atoms with Crippen LogP contribution in [0.2, 0.25) is 0 Å². The van der Waals surface area contributed by atoms with Crippen LogP contribution in [0.25, 0.3) is 0 Å². The van der Waals surface area contributed by atoms with Gasteiger partial charge in [-0.15, -0.1) is 0 Å². The molecule has 0 bridgehead atoms. The van der Waals surface area contributed by atoms with Crippen molar-refractivity contribution in [3.8, 4) is 5.75 Å². The summed E-state index contributed by atoms with van der Waals surface area (Å²) < 4.78 is 10.4. The van der Waals surface area contributed by atoms with E-state index in [4.69, 9.17) is 9.47 Å². The Labute approximate surface area is 115 Å². The Balaban J connectivity index is 2.36. The number of rotatable bonds is 8. The predicted octanol–water partition coefficient (Wildman–Crippen LogP) is 2.63. The zero-order valence-electron chi connectivity index (χ0n) is 11.9. The fourth-order valence-corrected chi connectivity index (χ4v) is 1.63. The van der Waals surface area contributed by atoms with Crippen LogP contribution in [0, 0.1) is 0 Å². The van der Waals surface area contributed by atoms with Crippen LogP contribution in [0.4, 0.5) is 0 Å². The van der Waals surface area contributed by atoms with Gasteiger partial charge in [0.25, 0.3) is 0 Å². The van der Waals surface area contributed by atoms with E-state index in [-0.39, 0.29) is 12.1 Å². The lowest BCUT2D eigenvalue weighted by molar-refractivity contribution is 0.0342. The van der Waals surface area contributed by atoms with Gasteiger partial charge in [0.2, 0.25) is 0 Å². The standard InChI is InChI=1S/C15H23NO3/c1-4-5-10-16-11-12(2)19-15(17)13-6-8-14(18-3)9-7-13/h6-9,12,16H,4-5,10-11H2,1-3H3. The first-order valence-electron chi connectivity index (χ1n) is 6.73. The molecule has 0 saturated heterocycles. The van der Waals surface area contributed by atoms with Gasteiger partial charge in [0.1, 0.15) is 11.9 Å². The van der Waals surface area contributed by atoms with Gasteiger partial charge in [-0.2, -0.15) is 0 Å². The smallest absolute Gasteiger partial charge is 0.338 e. The van der Waals surface area contributed by atoms with Crippen molar-refractivity contribution < 1.29 is 14.3 Å². The summed E-state index contributed by atoms with van der Waals surface area (Å²) in [6.07, 6.45) is 2.16. The van der Waals surface area contributed by atoms with Crippen molar-refractivity contribution in [2.75, 3.05) is 20.2 Å². The second kappa shape index (κ2) is 8.53. The molecule has 1 aromatic rings. The number of unbranched alkanes of at least 4 members (excludes halogenated alkanes) is 1. The maximum Gasteiger partial charge on any atom is 0.338 e. The fourth-order valence-electron chi connectivity index (χ4n) is 1.63. The van der Waals surface area contributed by atoms with Crippen molar-refractivity contribution in [3.63, 3.8) is 0 Å². The van der Waals surface area contributed by atoms with Gasteiger partial charge >= 0.3 is 5.97 Å². The van der Waals surface area contributed by atoms with Crippen LogP contribution in [0.5, 0.6) is 5.75 Å². The second-order valence-corrected chi connectivity index (χ2v) is 4.50. The topological polar surface area (TPSA) is 47.6 Å². The highest BCUT2D eigenvalue weighted by Crippen LogP contribution is 2.12. The molecule has 19 heavy (non-hydrogen) atoms. The zero-order chi connectivity index (χ0) is 14.1. The molecule has 0 amide bonds. The SMILES string of the molecule is CCCCNCC(C)OC(=O)c1ccc(OC)cc1.